The van der Waals surface area contributed by atoms with Crippen molar-refractivity contribution in [3.05, 3.63) is 35.8 Å². The van der Waals surface area contributed by atoms with Crippen LogP contribution in [0.1, 0.15) is 23.1 Å². The molecule has 0 saturated carbocycles. The van der Waals surface area contributed by atoms with E-state index in [1.165, 1.54) is 6.92 Å². The number of pyridine rings is 1. The SMILES string of the molecule is CC(=O)N1CCN(C(=O)c2cn3c(C)cccc3n2)[C@@H]2CS(=O)(=O)C[C@@H]21. The predicted octanol–water partition coefficient (Wildman–Crippen LogP) is 0.113. The van der Waals surface area contributed by atoms with Crippen LogP contribution in [-0.4, -0.2) is 76.1 Å². The van der Waals surface area contributed by atoms with Crippen molar-refractivity contribution in [2.45, 2.75) is 25.9 Å². The molecule has 2 aliphatic heterocycles. The van der Waals surface area contributed by atoms with Crippen molar-refractivity contribution in [1.82, 2.24) is 19.2 Å². The minimum absolute atomic E-state index is 0.0920. The molecular formula is C17H20N4O4S. The molecule has 8 nitrogen and oxygen atoms in total. The van der Waals surface area contributed by atoms with Gasteiger partial charge in [-0.3, -0.25) is 9.59 Å². The molecule has 2 aromatic heterocycles. The minimum atomic E-state index is -3.29. The molecule has 2 fully saturated rings. The summed E-state index contributed by atoms with van der Waals surface area (Å²) in [4.78, 5) is 32.5. The molecule has 2 atom stereocenters. The van der Waals surface area contributed by atoms with Crippen LogP contribution in [0, 0.1) is 6.92 Å². The van der Waals surface area contributed by atoms with Crippen molar-refractivity contribution >= 4 is 27.3 Å². The van der Waals surface area contributed by atoms with E-state index in [4.69, 9.17) is 0 Å². The number of carbonyl (C=O) groups excluding carboxylic acids is 2. The number of imidazole rings is 1. The lowest BCUT2D eigenvalue weighted by Gasteiger charge is -2.43. The zero-order valence-corrected chi connectivity index (χ0v) is 15.4. The van der Waals surface area contributed by atoms with Crippen molar-refractivity contribution < 1.29 is 18.0 Å². The van der Waals surface area contributed by atoms with E-state index in [-0.39, 0.29) is 23.3 Å². The number of hydrogen-bond donors (Lipinski definition) is 0. The molecule has 0 aromatic carbocycles. The minimum Gasteiger partial charge on any atom is -0.335 e. The molecule has 0 aliphatic carbocycles. The smallest absolute Gasteiger partial charge is 0.274 e. The second kappa shape index (κ2) is 5.80. The third-order valence-electron chi connectivity index (χ3n) is 5.26. The molecule has 0 unspecified atom stereocenters. The summed E-state index contributed by atoms with van der Waals surface area (Å²) in [6.45, 7) is 4.00. The van der Waals surface area contributed by atoms with Gasteiger partial charge in [0.15, 0.2) is 9.84 Å². The second-order valence-electron chi connectivity index (χ2n) is 6.94. The number of fused-ring (bicyclic) bond motifs is 2. The molecule has 0 radical (unpaired) electrons. The first-order valence-corrected chi connectivity index (χ1v) is 10.3. The number of sulfone groups is 1. The standard InChI is InChI=1S/C17H20N4O4S/c1-11-4-3-5-16-18-13(8-21(11)16)17(23)20-7-6-19(12(2)22)14-9-26(24,25)10-15(14)20/h3-5,8,14-15H,6-7,9-10H2,1-2H3/t14-,15+/m0/s1. The van der Waals surface area contributed by atoms with Gasteiger partial charge < -0.3 is 14.2 Å². The van der Waals surface area contributed by atoms with E-state index in [0.717, 1.165) is 5.69 Å². The number of carbonyl (C=O) groups is 2. The quantitative estimate of drug-likeness (QED) is 0.705. The first-order chi connectivity index (χ1) is 12.3. The number of amides is 2. The molecule has 2 saturated heterocycles. The van der Waals surface area contributed by atoms with Crippen LogP contribution < -0.4 is 0 Å². The molecule has 2 amide bonds. The van der Waals surface area contributed by atoms with Crippen molar-refractivity contribution in [1.29, 1.82) is 0 Å². The highest BCUT2D eigenvalue weighted by Crippen LogP contribution is 2.28. The largest absolute Gasteiger partial charge is 0.335 e. The Labute approximate surface area is 151 Å². The Morgan fingerprint density at radius 3 is 2.42 bits per heavy atom. The van der Waals surface area contributed by atoms with E-state index in [0.29, 0.717) is 24.4 Å². The molecule has 0 N–H and O–H groups in total. The van der Waals surface area contributed by atoms with Gasteiger partial charge in [0.25, 0.3) is 5.91 Å². The van der Waals surface area contributed by atoms with E-state index in [1.807, 2.05) is 29.5 Å². The maximum atomic E-state index is 13.1. The highest BCUT2D eigenvalue weighted by molar-refractivity contribution is 7.91. The third kappa shape index (κ3) is 2.66. The van der Waals surface area contributed by atoms with E-state index >= 15 is 0 Å². The maximum Gasteiger partial charge on any atom is 0.274 e. The van der Waals surface area contributed by atoms with Crippen LogP contribution in [0.5, 0.6) is 0 Å². The van der Waals surface area contributed by atoms with Crippen molar-refractivity contribution in [3.8, 4) is 0 Å². The van der Waals surface area contributed by atoms with Crippen LogP contribution in [0.4, 0.5) is 0 Å². The lowest BCUT2D eigenvalue weighted by molar-refractivity contribution is -0.133. The highest BCUT2D eigenvalue weighted by atomic mass is 32.2. The van der Waals surface area contributed by atoms with Crippen LogP contribution in [0.2, 0.25) is 0 Å². The van der Waals surface area contributed by atoms with Crippen LogP contribution in [0.3, 0.4) is 0 Å². The first-order valence-electron chi connectivity index (χ1n) is 8.50. The summed E-state index contributed by atoms with van der Waals surface area (Å²) in [6.07, 6.45) is 1.68. The monoisotopic (exact) mass is 376 g/mol. The lowest BCUT2D eigenvalue weighted by Crippen LogP contribution is -2.61. The van der Waals surface area contributed by atoms with Gasteiger partial charge in [0.2, 0.25) is 5.91 Å². The zero-order valence-electron chi connectivity index (χ0n) is 14.6. The fourth-order valence-corrected chi connectivity index (χ4v) is 5.98. The summed E-state index contributed by atoms with van der Waals surface area (Å²) in [6, 6.07) is 4.62. The van der Waals surface area contributed by atoms with Gasteiger partial charge in [-0.25, -0.2) is 13.4 Å². The Balaban J connectivity index is 1.69. The van der Waals surface area contributed by atoms with Gasteiger partial charge in [-0.1, -0.05) is 6.07 Å². The summed E-state index contributed by atoms with van der Waals surface area (Å²) < 4.78 is 26.2. The Kier molecular flexibility index (Phi) is 3.80. The molecular weight excluding hydrogens is 356 g/mol. The van der Waals surface area contributed by atoms with E-state index in [2.05, 4.69) is 4.98 Å². The number of aromatic nitrogens is 2. The summed E-state index contributed by atoms with van der Waals surface area (Å²) >= 11 is 0. The van der Waals surface area contributed by atoms with Gasteiger partial charge in [0.05, 0.1) is 23.6 Å². The van der Waals surface area contributed by atoms with Gasteiger partial charge >= 0.3 is 0 Å². The molecule has 4 heterocycles. The normalized spacial score (nSPS) is 24.7. The Morgan fingerprint density at radius 2 is 1.77 bits per heavy atom. The molecule has 0 spiro atoms. The molecule has 9 heteroatoms. The summed E-state index contributed by atoms with van der Waals surface area (Å²) in [7, 11) is -3.29. The van der Waals surface area contributed by atoms with Gasteiger partial charge in [-0.2, -0.15) is 0 Å². The number of rotatable bonds is 1. The van der Waals surface area contributed by atoms with Crippen molar-refractivity contribution in [2.24, 2.45) is 0 Å². The summed E-state index contributed by atoms with van der Waals surface area (Å²) in [5, 5.41) is 0. The van der Waals surface area contributed by atoms with Gasteiger partial charge in [0, 0.05) is 31.9 Å². The fraction of sp³-hybridized carbons (Fsp3) is 0.471. The van der Waals surface area contributed by atoms with Crippen molar-refractivity contribution in [2.75, 3.05) is 24.6 Å². The molecule has 26 heavy (non-hydrogen) atoms. The van der Waals surface area contributed by atoms with E-state index < -0.39 is 21.9 Å². The third-order valence-corrected chi connectivity index (χ3v) is 6.96. The van der Waals surface area contributed by atoms with Gasteiger partial charge in [-0.15, -0.1) is 0 Å². The van der Waals surface area contributed by atoms with E-state index in [1.54, 1.807) is 16.0 Å². The van der Waals surface area contributed by atoms with Crippen molar-refractivity contribution in [3.63, 3.8) is 0 Å². The Bertz CT molecular complexity index is 1010. The van der Waals surface area contributed by atoms with E-state index in [9.17, 15) is 18.0 Å². The average Bonchev–Trinajstić information content (AvgIpc) is 3.13. The lowest BCUT2D eigenvalue weighted by atomic mass is 10.0. The Hall–Kier alpha value is -2.42. The summed E-state index contributed by atoms with van der Waals surface area (Å²) in [5.74, 6) is -0.652. The molecule has 2 aromatic rings. The van der Waals surface area contributed by atoms with Crippen LogP contribution in [0.15, 0.2) is 24.4 Å². The molecule has 138 valence electrons. The highest BCUT2D eigenvalue weighted by Gasteiger charge is 2.49. The first kappa shape index (κ1) is 17.0. The topological polar surface area (TPSA) is 92.1 Å². The Morgan fingerprint density at radius 1 is 1.12 bits per heavy atom. The van der Waals surface area contributed by atoms with Crippen LogP contribution in [-0.2, 0) is 14.6 Å². The molecule has 2 aliphatic rings. The maximum absolute atomic E-state index is 13.1. The molecule has 4 rings (SSSR count). The number of hydrogen-bond acceptors (Lipinski definition) is 5. The summed E-state index contributed by atoms with van der Waals surface area (Å²) in [5.41, 5.74) is 1.92. The number of aryl methyl sites for hydroxylation is 1. The zero-order chi connectivity index (χ0) is 18.6. The predicted molar refractivity (Wildman–Crippen MR) is 94.6 cm³/mol. The number of nitrogens with zero attached hydrogens (tertiary/aromatic N) is 4. The van der Waals surface area contributed by atoms with Gasteiger partial charge in [-0.05, 0) is 19.1 Å². The van der Waals surface area contributed by atoms with Crippen LogP contribution >= 0.6 is 0 Å². The number of piperazine rings is 1. The molecule has 0 bridgehead atoms. The van der Waals surface area contributed by atoms with Gasteiger partial charge in [0.1, 0.15) is 11.3 Å². The fourth-order valence-electron chi connectivity index (χ4n) is 3.99. The second-order valence-corrected chi connectivity index (χ2v) is 9.10. The van der Waals surface area contributed by atoms with Crippen LogP contribution in [0.25, 0.3) is 5.65 Å². The average molecular weight is 376 g/mol.